The molecule has 0 atom stereocenters. The molecule has 2 aliphatic rings. The Balaban J connectivity index is 1.51. The molecule has 1 aromatic heterocycles. The SMILES string of the molecule is N=C(/C(=C\N)c1ccc2ncnc(NC3CCC(N4CCOCC4)CC3)c2c1)C(F)(F)F. The summed E-state index contributed by atoms with van der Waals surface area (Å²) in [7, 11) is 0. The van der Waals surface area contributed by atoms with Crippen molar-refractivity contribution in [2.45, 2.75) is 43.9 Å². The zero-order valence-electron chi connectivity index (χ0n) is 17.7. The maximum Gasteiger partial charge on any atom is 0.433 e. The molecule has 0 unspecified atom stereocenters. The highest BCUT2D eigenvalue weighted by atomic mass is 19.4. The summed E-state index contributed by atoms with van der Waals surface area (Å²) in [4.78, 5) is 11.1. The van der Waals surface area contributed by atoms with E-state index in [4.69, 9.17) is 15.9 Å². The lowest BCUT2D eigenvalue weighted by molar-refractivity contribution is -0.0578. The molecule has 2 aromatic rings. The number of ether oxygens (including phenoxy) is 1. The number of benzene rings is 1. The van der Waals surface area contributed by atoms with Crippen molar-refractivity contribution in [2.24, 2.45) is 5.73 Å². The van der Waals surface area contributed by atoms with Gasteiger partial charge in [0.05, 0.1) is 18.7 Å². The molecule has 1 aromatic carbocycles. The van der Waals surface area contributed by atoms with Crippen LogP contribution < -0.4 is 11.1 Å². The van der Waals surface area contributed by atoms with Gasteiger partial charge >= 0.3 is 6.18 Å². The second kappa shape index (κ2) is 9.41. The van der Waals surface area contributed by atoms with Crippen LogP contribution in [0, 0.1) is 5.41 Å². The number of allylic oxidation sites excluding steroid dienone is 1. The van der Waals surface area contributed by atoms with Gasteiger partial charge in [0.15, 0.2) is 0 Å². The number of nitrogens with one attached hydrogen (secondary N) is 2. The first kappa shape index (κ1) is 22.5. The molecular formula is C22H27F3N6O. The highest BCUT2D eigenvalue weighted by molar-refractivity contribution is 6.25. The Morgan fingerprint density at radius 1 is 1.16 bits per heavy atom. The summed E-state index contributed by atoms with van der Waals surface area (Å²) in [6.07, 6.45) is 1.61. The second-order valence-electron chi connectivity index (χ2n) is 8.21. The molecule has 0 amide bonds. The summed E-state index contributed by atoms with van der Waals surface area (Å²) in [5, 5.41) is 11.5. The quantitative estimate of drug-likeness (QED) is 0.605. The van der Waals surface area contributed by atoms with Crippen LogP contribution in [-0.4, -0.2) is 65.1 Å². The number of nitrogens with zero attached hydrogens (tertiary/aromatic N) is 3. The van der Waals surface area contributed by atoms with E-state index in [1.54, 1.807) is 12.1 Å². The van der Waals surface area contributed by atoms with Crippen molar-refractivity contribution in [1.82, 2.24) is 14.9 Å². The van der Waals surface area contributed by atoms with E-state index in [2.05, 4.69) is 20.2 Å². The molecule has 0 radical (unpaired) electrons. The van der Waals surface area contributed by atoms with Crippen LogP contribution >= 0.6 is 0 Å². The largest absolute Gasteiger partial charge is 0.433 e. The van der Waals surface area contributed by atoms with Crippen molar-refractivity contribution >= 4 is 28.0 Å². The minimum atomic E-state index is -4.78. The molecule has 2 fully saturated rings. The Morgan fingerprint density at radius 2 is 1.88 bits per heavy atom. The van der Waals surface area contributed by atoms with Gasteiger partial charge < -0.3 is 15.8 Å². The summed E-state index contributed by atoms with van der Waals surface area (Å²) < 4.78 is 44.7. The van der Waals surface area contributed by atoms with Crippen LogP contribution in [0.25, 0.3) is 16.5 Å². The number of hydrogen-bond acceptors (Lipinski definition) is 7. The van der Waals surface area contributed by atoms with Gasteiger partial charge in [-0.15, -0.1) is 0 Å². The molecule has 10 heteroatoms. The van der Waals surface area contributed by atoms with E-state index in [0.29, 0.717) is 22.8 Å². The van der Waals surface area contributed by atoms with Crippen molar-refractivity contribution < 1.29 is 17.9 Å². The number of anilines is 1. The fourth-order valence-corrected chi connectivity index (χ4v) is 4.54. The lowest BCUT2D eigenvalue weighted by Crippen LogP contribution is -2.46. The van der Waals surface area contributed by atoms with E-state index in [1.807, 2.05) is 0 Å². The maximum atomic E-state index is 13.1. The normalized spacial score (nSPS) is 23.3. The molecule has 1 aliphatic heterocycles. The number of nitrogens with two attached hydrogens (primary N) is 1. The molecular weight excluding hydrogens is 421 g/mol. The first-order chi connectivity index (χ1) is 15.4. The standard InChI is InChI=1S/C22H27F3N6O/c23-22(24,25)20(27)18(12-26)14-1-6-19-17(11-14)21(29-13-28-19)30-15-2-4-16(5-3-15)31-7-9-32-10-8-31/h1,6,11-13,15-16,27H,2-5,7-10,26H2,(H,28,29,30)/b18-12-,27-20?. The third-order valence-electron chi connectivity index (χ3n) is 6.27. The van der Waals surface area contributed by atoms with Crippen LogP contribution in [0.3, 0.4) is 0 Å². The van der Waals surface area contributed by atoms with Gasteiger partial charge in [0.2, 0.25) is 0 Å². The molecule has 32 heavy (non-hydrogen) atoms. The van der Waals surface area contributed by atoms with Gasteiger partial charge in [0.1, 0.15) is 17.9 Å². The summed E-state index contributed by atoms with van der Waals surface area (Å²) >= 11 is 0. The molecule has 172 valence electrons. The van der Waals surface area contributed by atoms with E-state index in [1.165, 1.54) is 12.4 Å². The van der Waals surface area contributed by atoms with Crippen molar-refractivity contribution in [2.75, 3.05) is 31.6 Å². The van der Waals surface area contributed by atoms with Gasteiger partial charge in [-0.3, -0.25) is 10.3 Å². The summed E-state index contributed by atoms with van der Waals surface area (Å²) in [5.41, 5.74) is 4.41. The summed E-state index contributed by atoms with van der Waals surface area (Å²) in [6.45, 7) is 3.54. The van der Waals surface area contributed by atoms with Crippen LogP contribution in [0.2, 0.25) is 0 Å². The Hall–Kier alpha value is -2.72. The highest BCUT2D eigenvalue weighted by Gasteiger charge is 2.37. The number of rotatable bonds is 5. The monoisotopic (exact) mass is 448 g/mol. The molecule has 0 bridgehead atoms. The van der Waals surface area contributed by atoms with Crippen LogP contribution in [-0.2, 0) is 4.74 Å². The molecule has 0 spiro atoms. The predicted molar refractivity (Wildman–Crippen MR) is 118 cm³/mol. The summed E-state index contributed by atoms with van der Waals surface area (Å²) in [6, 6.07) is 5.48. The lowest BCUT2D eigenvalue weighted by Gasteiger charge is -2.39. The minimum absolute atomic E-state index is 0.205. The number of fused-ring (bicyclic) bond motifs is 1. The molecule has 1 saturated carbocycles. The Labute approximate surface area is 184 Å². The average molecular weight is 448 g/mol. The van der Waals surface area contributed by atoms with E-state index in [0.717, 1.165) is 58.2 Å². The number of halogens is 3. The van der Waals surface area contributed by atoms with Crippen LogP contribution in [0.4, 0.5) is 19.0 Å². The fraction of sp³-hybridized carbons (Fsp3) is 0.500. The third kappa shape index (κ3) is 4.86. The van der Waals surface area contributed by atoms with E-state index < -0.39 is 11.9 Å². The lowest BCUT2D eigenvalue weighted by atomic mass is 9.90. The molecule has 2 heterocycles. The zero-order chi connectivity index (χ0) is 22.7. The van der Waals surface area contributed by atoms with E-state index >= 15 is 0 Å². The maximum absolute atomic E-state index is 13.1. The molecule has 4 rings (SSSR count). The molecule has 7 nitrogen and oxygen atoms in total. The van der Waals surface area contributed by atoms with Gasteiger partial charge in [-0.25, -0.2) is 9.97 Å². The van der Waals surface area contributed by atoms with Gasteiger partial charge in [-0.1, -0.05) is 6.07 Å². The number of hydrogen-bond donors (Lipinski definition) is 3. The minimum Gasteiger partial charge on any atom is -0.404 e. The van der Waals surface area contributed by atoms with E-state index in [-0.39, 0.29) is 17.2 Å². The van der Waals surface area contributed by atoms with Crippen LogP contribution in [0.15, 0.2) is 30.7 Å². The van der Waals surface area contributed by atoms with Crippen molar-refractivity contribution in [1.29, 1.82) is 5.41 Å². The van der Waals surface area contributed by atoms with E-state index in [9.17, 15) is 13.2 Å². The van der Waals surface area contributed by atoms with Gasteiger partial charge in [-0.05, 0) is 43.4 Å². The van der Waals surface area contributed by atoms with Gasteiger partial charge in [-0.2, -0.15) is 13.2 Å². The molecule has 4 N–H and O–H groups in total. The Kier molecular flexibility index (Phi) is 6.61. The zero-order valence-corrected chi connectivity index (χ0v) is 17.7. The van der Waals surface area contributed by atoms with Crippen molar-refractivity contribution in [3.05, 3.63) is 36.3 Å². The molecule has 1 saturated heterocycles. The predicted octanol–water partition coefficient (Wildman–Crippen LogP) is 3.57. The number of aromatic nitrogens is 2. The van der Waals surface area contributed by atoms with Crippen LogP contribution in [0.1, 0.15) is 31.2 Å². The second-order valence-corrected chi connectivity index (χ2v) is 8.21. The first-order valence-corrected chi connectivity index (χ1v) is 10.8. The van der Waals surface area contributed by atoms with Crippen molar-refractivity contribution in [3.8, 4) is 0 Å². The van der Waals surface area contributed by atoms with Gasteiger partial charge in [0, 0.05) is 42.3 Å². The smallest absolute Gasteiger partial charge is 0.404 e. The first-order valence-electron chi connectivity index (χ1n) is 10.8. The third-order valence-corrected chi connectivity index (χ3v) is 6.27. The van der Waals surface area contributed by atoms with Crippen molar-refractivity contribution in [3.63, 3.8) is 0 Å². The summed E-state index contributed by atoms with van der Waals surface area (Å²) in [5.74, 6) is 0.585. The number of alkyl halides is 3. The Morgan fingerprint density at radius 3 is 2.53 bits per heavy atom. The fourth-order valence-electron chi connectivity index (χ4n) is 4.54. The van der Waals surface area contributed by atoms with Gasteiger partial charge in [0.25, 0.3) is 0 Å². The molecule has 1 aliphatic carbocycles. The average Bonchev–Trinajstić information content (AvgIpc) is 2.80. The highest BCUT2D eigenvalue weighted by Crippen LogP contribution is 2.31. The Bertz CT molecular complexity index is 995. The van der Waals surface area contributed by atoms with Crippen LogP contribution in [0.5, 0.6) is 0 Å². The topological polar surface area (TPSA) is 100 Å². The number of morpholine rings is 1.